The van der Waals surface area contributed by atoms with Crippen LogP contribution in [0.15, 0.2) is 29.1 Å². The molecule has 3 rings (SSSR count). The van der Waals surface area contributed by atoms with Crippen molar-refractivity contribution in [3.63, 3.8) is 0 Å². The maximum absolute atomic E-state index is 12.3. The zero-order valence-corrected chi connectivity index (χ0v) is 12.3. The van der Waals surface area contributed by atoms with E-state index in [1.165, 1.54) is 43.2 Å². The maximum atomic E-state index is 12.3. The molecule has 5 heteroatoms. The first-order chi connectivity index (χ1) is 10.3. The molecule has 0 aliphatic heterocycles. The van der Waals surface area contributed by atoms with E-state index in [9.17, 15) is 4.79 Å². The normalized spacial score (nSPS) is 17.0. The van der Waals surface area contributed by atoms with E-state index in [2.05, 4.69) is 15.6 Å². The maximum Gasteiger partial charge on any atom is 0.277 e. The van der Waals surface area contributed by atoms with Gasteiger partial charge in [-0.05, 0) is 25.0 Å². The Labute approximate surface area is 124 Å². The predicted molar refractivity (Wildman–Crippen MR) is 83.3 cm³/mol. The van der Waals surface area contributed by atoms with Gasteiger partial charge in [-0.2, -0.15) is 0 Å². The number of benzene rings is 1. The highest BCUT2D eigenvalue weighted by atomic mass is 16.1. The van der Waals surface area contributed by atoms with Crippen LogP contribution in [-0.4, -0.2) is 27.6 Å². The molecular formula is C16H22N4O. The second kappa shape index (κ2) is 6.80. The minimum absolute atomic E-state index is 0.0525. The summed E-state index contributed by atoms with van der Waals surface area (Å²) in [6, 6.07) is 7.95. The van der Waals surface area contributed by atoms with Crippen molar-refractivity contribution in [2.24, 2.45) is 0 Å². The summed E-state index contributed by atoms with van der Waals surface area (Å²) >= 11 is 0. The lowest BCUT2D eigenvalue weighted by Gasteiger charge is -2.16. The van der Waals surface area contributed by atoms with Crippen molar-refractivity contribution in [2.45, 2.75) is 51.1 Å². The van der Waals surface area contributed by atoms with Crippen LogP contribution < -0.4 is 10.9 Å². The zero-order chi connectivity index (χ0) is 14.5. The van der Waals surface area contributed by atoms with Gasteiger partial charge in [0.05, 0.1) is 11.9 Å². The van der Waals surface area contributed by atoms with Crippen molar-refractivity contribution in [1.82, 2.24) is 20.3 Å². The predicted octanol–water partition coefficient (Wildman–Crippen LogP) is 2.10. The third-order valence-corrected chi connectivity index (χ3v) is 4.24. The molecule has 1 aliphatic rings. The van der Waals surface area contributed by atoms with Crippen LogP contribution in [0.2, 0.25) is 0 Å². The van der Waals surface area contributed by atoms with Crippen molar-refractivity contribution in [3.05, 3.63) is 34.6 Å². The molecule has 1 aliphatic carbocycles. The average Bonchev–Trinajstić information content (AvgIpc) is 2.79. The Hall–Kier alpha value is -1.75. The van der Waals surface area contributed by atoms with Gasteiger partial charge in [0.25, 0.3) is 5.56 Å². The Morgan fingerprint density at radius 2 is 1.90 bits per heavy atom. The third kappa shape index (κ3) is 3.47. The molecule has 1 heterocycles. The average molecular weight is 286 g/mol. The minimum Gasteiger partial charge on any atom is -0.312 e. The van der Waals surface area contributed by atoms with Gasteiger partial charge in [0, 0.05) is 12.6 Å². The molecule has 21 heavy (non-hydrogen) atoms. The van der Waals surface area contributed by atoms with Gasteiger partial charge in [0.1, 0.15) is 5.52 Å². The fraction of sp³-hybridized carbons (Fsp3) is 0.562. The number of nitrogens with one attached hydrogen (secondary N) is 1. The van der Waals surface area contributed by atoms with Crippen LogP contribution in [0.25, 0.3) is 10.9 Å². The standard InChI is InChI=1S/C16H22N4O/c21-16-14-9-5-6-10-15(14)18-19-20(16)12-11-17-13-7-3-1-2-4-8-13/h5-6,9-10,13,17H,1-4,7-8,11-12H2. The van der Waals surface area contributed by atoms with Crippen molar-refractivity contribution < 1.29 is 0 Å². The highest BCUT2D eigenvalue weighted by molar-refractivity contribution is 5.76. The molecule has 1 N–H and O–H groups in total. The Bertz CT molecular complexity index is 644. The molecule has 5 nitrogen and oxygen atoms in total. The molecule has 0 saturated heterocycles. The number of hydrogen-bond acceptors (Lipinski definition) is 4. The molecule has 0 spiro atoms. The van der Waals surface area contributed by atoms with Crippen LogP contribution >= 0.6 is 0 Å². The van der Waals surface area contributed by atoms with Gasteiger partial charge in [-0.25, -0.2) is 4.68 Å². The molecule has 0 radical (unpaired) electrons. The molecule has 0 unspecified atom stereocenters. The largest absolute Gasteiger partial charge is 0.312 e. The van der Waals surface area contributed by atoms with Crippen LogP contribution in [0.4, 0.5) is 0 Å². The lowest BCUT2D eigenvalue weighted by Crippen LogP contribution is -2.34. The highest BCUT2D eigenvalue weighted by Gasteiger charge is 2.11. The fourth-order valence-electron chi connectivity index (χ4n) is 3.03. The van der Waals surface area contributed by atoms with Crippen LogP contribution in [0.3, 0.4) is 0 Å². The van der Waals surface area contributed by atoms with Gasteiger partial charge in [-0.15, -0.1) is 5.10 Å². The zero-order valence-electron chi connectivity index (χ0n) is 12.3. The summed E-state index contributed by atoms with van der Waals surface area (Å²) in [5.41, 5.74) is 0.610. The lowest BCUT2D eigenvalue weighted by atomic mass is 10.1. The lowest BCUT2D eigenvalue weighted by molar-refractivity contribution is 0.426. The Balaban J connectivity index is 1.62. The first-order valence-corrected chi connectivity index (χ1v) is 7.90. The van der Waals surface area contributed by atoms with E-state index >= 15 is 0 Å². The molecule has 0 amide bonds. The van der Waals surface area contributed by atoms with E-state index in [-0.39, 0.29) is 5.56 Å². The van der Waals surface area contributed by atoms with Gasteiger partial charge in [-0.3, -0.25) is 4.79 Å². The molecule has 2 aromatic rings. The molecule has 1 saturated carbocycles. The van der Waals surface area contributed by atoms with Gasteiger partial charge in [0.2, 0.25) is 0 Å². The van der Waals surface area contributed by atoms with Gasteiger partial charge < -0.3 is 5.32 Å². The second-order valence-electron chi connectivity index (χ2n) is 5.78. The molecule has 1 aromatic heterocycles. The van der Waals surface area contributed by atoms with E-state index in [0.717, 1.165) is 6.54 Å². The van der Waals surface area contributed by atoms with E-state index < -0.39 is 0 Å². The second-order valence-corrected chi connectivity index (χ2v) is 5.78. The van der Waals surface area contributed by atoms with E-state index in [1.54, 1.807) is 0 Å². The van der Waals surface area contributed by atoms with Crippen LogP contribution in [0, 0.1) is 0 Å². The number of aromatic nitrogens is 3. The van der Waals surface area contributed by atoms with E-state index in [4.69, 9.17) is 0 Å². The van der Waals surface area contributed by atoms with E-state index in [1.807, 2.05) is 24.3 Å². The van der Waals surface area contributed by atoms with Gasteiger partial charge in [-0.1, -0.05) is 43.0 Å². The molecule has 1 fully saturated rings. The van der Waals surface area contributed by atoms with Crippen LogP contribution in [-0.2, 0) is 6.54 Å². The molecule has 1 aromatic carbocycles. The fourth-order valence-corrected chi connectivity index (χ4v) is 3.03. The Morgan fingerprint density at radius 3 is 2.71 bits per heavy atom. The first-order valence-electron chi connectivity index (χ1n) is 7.90. The summed E-state index contributed by atoms with van der Waals surface area (Å²) in [5, 5.41) is 12.3. The number of nitrogens with zero attached hydrogens (tertiary/aromatic N) is 3. The Kier molecular flexibility index (Phi) is 4.60. The van der Waals surface area contributed by atoms with Crippen molar-refractivity contribution >= 4 is 10.9 Å². The summed E-state index contributed by atoms with van der Waals surface area (Å²) < 4.78 is 1.46. The molecule has 0 atom stereocenters. The number of hydrogen-bond donors (Lipinski definition) is 1. The Morgan fingerprint density at radius 1 is 1.14 bits per heavy atom. The SMILES string of the molecule is O=c1c2ccccc2nnn1CCNC1CCCCCC1. The molecule has 112 valence electrons. The smallest absolute Gasteiger partial charge is 0.277 e. The topological polar surface area (TPSA) is 59.8 Å². The van der Waals surface area contributed by atoms with Crippen molar-refractivity contribution in [1.29, 1.82) is 0 Å². The van der Waals surface area contributed by atoms with Crippen molar-refractivity contribution in [2.75, 3.05) is 6.54 Å². The summed E-state index contributed by atoms with van der Waals surface area (Å²) in [6.45, 7) is 1.35. The number of rotatable bonds is 4. The summed E-state index contributed by atoms with van der Waals surface area (Å²) in [4.78, 5) is 12.3. The van der Waals surface area contributed by atoms with Crippen LogP contribution in [0.1, 0.15) is 38.5 Å². The van der Waals surface area contributed by atoms with E-state index in [0.29, 0.717) is 23.5 Å². The van der Waals surface area contributed by atoms with Crippen molar-refractivity contribution in [3.8, 4) is 0 Å². The summed E-state index contributed by atoms with van der Waals surface area (Å²) in [5.74, 6) is 0. The quantitative estimate of drug-likeness (QED) is 0.874. The van der Waals surface area contributed by atoms with Gasteiger partial charge >= 0.3 is 0 Å². The van der Waals surface area contributed by atoms with Gasteiger partial charge in [0.15, 0.2) is 0 Å². The molecule has 0 bridgehead atoms. The van der Waals surface area contributed by atoms with Crippen LogP contribution in [0.5, 0.6) is 0 Å². The summed E-state index contributed by atoms with van der Waals surface area (Å²) in [7, 11) is 0. The monoisotopic (exact) mass is 286 g/mol. The minimum atomic E-state index is -0.0525. The molecular weight excluding hydrogens is 264 g/mol. The summed E-state index contributed by atoms with van der Waals surface area (Å²) in [6.07, 6.45) is 7.83. The highest BCUT2D eigenvalue weighted by Crippen LogP contribution is 2.16. The third-order valence-electron chi connectivity index (χ3n) is 4.24. The number of fused-ring (bicyclic) bond motifs is 1. The first kappa shape index (κ1) is 14.2.